The van der Waals surface area contributed by atoms with E-state index < -0.39 is 0 Å². The molecular formula is C14H19NO2. The number of fused-ring (bicyclic) bond motifs is 1. The van der Waals surface area contributed by atoms with Gasteiger partial charge in [0.2, 0.25) is 0 Å². The second-order valence-corrected chi connectivity index (χ2v) is 4.57. The van der Waals surface area contributed by atoms with Gasteiger partial charge in [-0.1, -0.05) is 19.4 Å². The standard InChI is InChI=1S/C14H19NO2/c1-4-5-10-8-15-14(16)12-9(2)6-7-11(17-3)13(10)12/h6-7,10H,4-5,8H2,1-3H3,(H,15,16). The molecule has 0 bridgehead atoms. The van der Waals surface area contributed by atoms with Gasteiger partial charge in [-0.2, -0.15) is 0 Å². The van der Waals surface area contributed by atoms with Crippen LogP contribution in [0.3, 0.4) is 0 Å². The molecule has 2 rings (SSSR count). The van der Waals surface area contributed by atoms with E-state index in [0.717, 1.165) is 41.8 Å². The van der Waals surface area contributed by atoms with E-state index >= 15 is 0 Å². The average Bonchev–Trinajstić information content (AvgIpc) is 2.33. The van der Waals surface area contributed by atoms with Gasteiger partial charge in [0.1, 0.15) is 5.75 Å². The van der Waals surface area contributed by atoms with Crippen LogP contribution in [0, 0.1) is 6.92 Å². The highest BCUT2D eigenvalue weighted by Gasteiger charge is 2.29. The van der Waals surface area contributed by atoms with Gasteiger partial charge in [-0.3, -0.25) is 4.79 Å². The first-order valence-electron chi connectivity index (χ1n) is 6.14. The summed E-state index contributed by atoms with van der Waals surface area (Å²) in [4.78, 5) is 12.0. The number of benzene rings is 1. The topological polar surface area (TPSA) is 38.3 Å². The molecular weight excluding hydrogens is 214 g/mol. The van der Waals surface area contributed by atoms with Gasteiger partial charge in [0.25, 0.3) is 5.91 Å². The van der Waals surface area contributed by atoms with Gasteiger partial charge in [0.05, 0.1) is 7.11 Å². The van der Waals surface area contributed by atoms with Crippen LogP contribution in [0.1, 0.15) is 47.2 Å². The van der Waals surface area contributed by atoms with Crippen molar-refractivity contribution in [3.8, 4) is 5.75 Å². The van der Waals surface area contributed by atoms with Crippen LogP contribution in [0.5, 0.6) is 5.75 Å². The maximum Gasteiger partial charge on any atom is 0.252 e. The normalized spacial score (nSPS) is 18.5. The van der Waals surface area contributed by atoms with E-state index in [2.05, 4.69) is 12.2 Å². The Morgan fingerprint density at radius 1 is 1.47 bits per heavy atom. The van der Waals surface area contributed by atoms with Crippen molar-refractivity contribution >= 4 is 5.91 Å². The Balaban J connectivity index is 2.57. The molecule has 1 aliphatic rings. The predicted octanol–water partition coefficient (Wildman–Crippen LogP) is 2.63. The Morgan fingerprint density at radius 2 is 2.24 bits per heavy atom. The number of amides is 1. The van der Waals surface area contributed by atoms with Crippen molar-refractivity contribution in [2.75, 3.05) is 13.7 Å². The Kier molecular flexibility index (Phi) is 3.36. The van der Waals surface area contributed by atoms with E-state index in [-0.39, 0.29) is 5.91 Å². The van der Waals surface area contributed by atoms with Gasteiger partial charge in [0, 0.05) is 23.6 Å². The Morgan fingerprint density at radius 3 is 2.88 bits per heavy atom. The SMILES string of the molecule is CCCC1CNC(=O)c2c(C)ccc(OC)c21. The van der Waals surface area contributed by atoms with Gasteiger partial charge >= 0.3 is 0 Å². The lowest BCUT2D eigenvalue weighted by Gasteiger charge is -2.28. The van der Waals surface area contributed by atoms with Gasteiger partial charge < -0.3 is 10.1 Å². The summed E-state index contributed by atoms with van der Waals surface area (Å²) in [5.41, 5.74) is 2.94. The lowest BCUT2D eigenvalue weighted by molar-refractivity contribution is 0.0937. The Labute approximate surface area is 102 Å². The highest BCUT2D eigenvalue weighted by atomic mass is 16.5. The molecule has 0 saturated heterocycles. The van der Waals surface area contributed by atoms with Gasteiger partial charge in [0.15, 0.2) is 0 Å². The number of ether oxygens (including phenoxy) is 1. The molecule has 3 nitrogen and oxygen atoms in total. The molecule has 0 radical (unpaired) electrons. The molecule has 1 aliphatic heterocycles. The van der Waals surface area contributed by atoms with E-state index in [9.17, 15) is 4.79 Å². The number of aryl methyl sites for hydroxylation is 1. The van der Waals surface area contributed by atoms with Crippen molar-refractivity contribution in [3.05, 3.63) is 28.8 Å². The maximum absolute atomic E-state index is 12.0. The van der Waals surface area contributed by atoms with Crippen LogP contribution >= 0.6 is 0 Å². The minimum atomic E-state index is 0.0313. The Bertz CT molecular complexity index is 440. The van der Waals surface area contributed by atoms with Crippen molar-refractivity contribution in [3.63, 3.8) is 0 Å². The van der Waals surface area contributed by atoms with Crippen LogP contribution in [-0.4, -0.2) is 19.6 Å². The zero-order valence-corrected chi connectivity index (χ0v) is 10.7. The molecule has 3 heteroatoms. The monoisotopic (exact) mass is 233 g/mol. The summed E-state index contributed by atoms with van der Waals surface area (Å²) in [5.74, 6) is 1.25. The number of carbonyl (C=O) groups is 1. The highest BCUT2D eigenvalue weighted by molar-refractivity contribution is 5.99. The molecule has 1 atom stereocenters. The smallest absolute Gasteiger partial charge is 0.252 e. The fourth-order valence-corrected chi connectivity index (χ4v) is 2.60. The lowest BCUT2D eigenvalue weighted by Crippen LogP contribution is -2.36. The third kappa shape index (κ3) is 2.02. The van der Waals surface area contributed by atoms with Crippen LogP contribution in [0.15, 0.2) is 12.1 Å². The maximum atomic E-state index is 12.0. The molecule has 1 N–H and O–H groups in total. The fraction of sp³-hybridized carbons (Fsp3) is 0.500. The van der Waals surface area contributed by atoms with Crippen LogP contribution in [-0.2, 0) is 0 Å². The summed E-state index contributed by atoms with van der Waals surface area (Å²) >= 11 is 0. The number of methoxy groups -OCH3 is 1. The summed E-state index contributed by atoms with van der Waals surface area (Å²) in [5, 5.41) is 2.97. The fourth-order valence-electron chi connectivity index (χ4n) is 2.60. The van der Waals surface area contributed by atoms with E-state index in [1.54, 1.807) is 7.11 Å². The quantitative estimate of drug-likeness (QED) is 0.871. The number of nitrogens with one attached hydrogen (secondary N) is 1. The second-order valence-electron chi connectivity index (χ2n) is 4.57. The minimum Gasteiger partial charge on any atom is -0.496 e. The lowest BCUT2D eigenvalue weighted by atomic mass is 9.84. The summed E-state index contributed by atoms with van der Waals surface area (Å²) in [7, 11) is 1.67. The largest absolute Gasteiger partial charge is 0.496 e. The number of carbonyl (C=O) groups excluding carboxylic acids is 1. The number of rotatable bonds is 3. The van der Waals surface area contributed by atoms with Crippen molar-refractivity contribution in [2.45, 2.75) is 32.6 Å². The van der Waals surface area contributed by atoms with Gasteiger partial charge in [-0.25, -0.2) is 0 Å². The molecule has 1 aromatic rings. The molecule has 1 amide bonds. The Hall–Kier alpha value is -1.51. The zero-order valence-electron chi connectivity index (χ0n) is 10.7. The van der Waals surface area contributed by atoms with E-state index in [1.165, 1.54) is 0 Å². The third-order valence-corrected chi connectivity index (χ3v) is 3.42. The van der Waals surface area contributed by atoms with Crippen LogP contribution in [0.25, 0.3) is 0 Å². The van der Waals surface area contributed by atoms with Crippen molar-refractivity contribution in [2.24, 2.45) is 0 Å². The molecule has 1 heterocycles. The van der Waals surface area contributed by atoms with Crippen LogP contribution in [0.2, 0.25) is 0 Å². The first kappa shape index (κ1) is 12.0. The van der Waals surface area contributed by atoms with E-state index in [0.29, 0.717) is 5.92 Å². The highest BCUT2D eigenvalue weighted by Crippen LogP contribution is 2.36. The van der Waals surface area contributed by atoms with E-state index in [4.69, 9.17) is 4.74 Å². The summed E-state index contributed by atoms with van der Waals surface area (Å²) < 4.78 is 5.41. The molecule has 0 fully saturated rings. The average molecular weight is 233 g/mol. The molecule has 1 unspecified atom stereocenters. The molecule has 0 aromatic heterocycles. The van der Waals surface area contributed by atoms with Gasteiger partial charge in [-0.05, 0) is 25.0 Å². The van der Waals surface area contributed by atoms with Crippen LogP contribution < -0.4 is 10.1 Å². The molecule has 0 aliphatic carbocycles. The predicted molar refractivity (Wildman–Crippen MR) is 67.7 cm³/mol. The van der Waals surface area contributed by atoms with Crippen molar-refractivity contribution in [1.82, 2.24) is 5.32 Å². The molecule has 1 aromatic carbocycles. The minimum absolute atomic E-state index is 0.0313. The molecule has 0 saturated carbocycles. The first-order chi connectivity index (χ1) is 8.19. The molecule has 0 spiro atoms. The zero-order chi connectivity index (χ0) is 12.4. The van der Waals surface area contributed by atoms with Crippen molar-refractivity contribution < 1.29 is 9.53 Å². The number of hydrogen-bond acceptors (Lipinski definition) is 2. The van der Waals surface area contributed by atoms with E-state index in [1.807, 2.05) is 19.1 Å². The van der Waals surface area contributed by atoms with Gasteiger partial charge in [-0.15, -0.1) is 0 Å². The van der Waals surface area contributed by atoms with Crippen LogP contribution in [0.4, 0.5) is 0 Å². The summed E-state index contributed by atoms with van der Waals surface area (Å²) in [6, 6.07) is 3.92. The van der Waals surface area contributed by atoms with Crippen molar-refractivity contribution in [1.29, 1.82) is 0 Å². The molecule has 92 valence electrons. The first-order valence-corrected chi connectivity index (χ1v) is 6.14. The summed E-state index contributed by atoms with van der Waals surface area (Å²) in [6.07, 6.45) is 2.18. The summed E-state index contributed by atoms with van der Waals surface area (Å²) in [6.45, 7) is 4.87. The second kappa shape index (κ2) is 4.78. The number of hydrogen-bond donors (Lipinski definition) is 1. The molecule has 17 heavy (non-hydrogen) atoms. The third-order valence-electron chi connectivity index (χ3n) is 3.42.